The number of thiocarbonyl (C=S) groups is 1. The molecule has 0 unspecified atom stereocenters. The largest absolute Gasteiger partial charge is 0.389 e. The van der Waals surface area contributed by atoms with E-state index in [1.165, 1.54) is 4.88 Å². The molecule has 106 valence electrons. The Kier molecular flexibility index (Phi) is 5.03. The van der Waals surface area contributed by atoms with Crippen LogP contribution in [0.25, 0.3) is 0 Å². The molecular formula is C14H18N4S2. The summed E-state index contributed by atoms with van der Waals surface area (Å²) in [4.78, 5) is 1.61. The first-order valence-electron chi connectivity index (χ1n) is 6.61. The van der Waals surface area contributed by atoms with Gasteiger partial charge in [-0.25, -0.2) is 0 Å². The molecule has 2 aromatic heterocycles. The molecule has 3 N–H and O–H groups in total. The molecule has 0 aliphatic rings. The molecule has 0 atom stereocenters. The van der Waals surface area contributed by atoms with Gasteiger partial charge in [0.05, 0.1) is 17.8 Å². The van der Waals surface area contributed by atoms with Crippen molar-refractivity contribution in [2.75, 3.05) is 5.32 Å². The van der Waals surface area contributed by atoms with Gasteiger partial charge in [-0.1, -0.05) is 32.1 Å². The number of nitrogens with two attached hydrogens (primary N) is 1. The molecule has 0 saturated carbocycles. The molecule has 0 spiro atoms. The first-order valence-corrected chi connectivity index (χ1v) is 7.90. The lowest BCUT2D eigenvalue weighted by molar-refractivity contribution is 0.872. The predicted octanol–water partition coefficient (Wildman–Crippen LogP) is 2.91. The quantitative estimate of drug-likeness (QED) is 0.803. The van der Waals surface area contributed by atoms with E-state index in [0.29, 0.717) is 17.4 Å². The molecule has 0 aliphatic carbocycles. The lowest BCUT2D eigenvalue weighted by atomic mass is 10.0. The van der Waals surface area contributed by atoms with E-state index in [1.807, 2.05) is 6.07 Å². The van der Waals surface area contributed by atoms with Gasteiger partial charge < -0.3 is 11.1 Å². The van der Waals surface area contributed by atoms with E-state index in [9.17, 15) is 0 Å². The maximum Gasteiger partial charge on any atom is 0.159 e. The summed E-state index contributed by atoms with van der Waals surface area (Å²) in [6.07, 6.45) is 1.68. The molecule has 0 bridgehead atoms. The lowest BCUT2D eigenvalue weighted by Gasteiger charge is -2.15. The first kappa shape index (κ1) is 14.9. The van der Waals surface area contributed by atoms with Crippen LogP contribution in [-0.4, -0.2) is 15.2 Å². The fraction of sp³-hybridized carbons (Fsp3) is 0.357. The Morgan fingerprint density at radius 3 is 2.70 bits per heavy atom. The van der Waals surface area contributed by atoms with Gasteiger partial charge in [-0.15, -0.1) is 16.4 Å². The number of rotatable bonds is 6. The normalized spacial score (nSPS) is 10.5. The van der Waals surface area contributed by atoms with Gasteiger partial charge in [0.2, 0.25) is 0 Å². The highest BCUT2D eigenvalue weighted by molar-refractivity contribution is 7.80. The Morgan fingerprint density at radius 2 is 2.15 bits per heavy atom. The monoisotopic (exact) mass is 306 g/mol. The second-order valence-electron chi connectivity index (χ2n) is 4.35. The summed E-state index contributed by atoms with van der Waals surface area (Å²) in [5, 5.41) is 13.9. The van der Waals surface area contributed by atoms with Gasteiger partial charge in [-0.05, 0) is 29.9 Å². The van der Waals surface area contributed by atoms with Gasteiger partial charge in [0.25, 0.3) is 0 Å². The van der Waals surface area contributed by atoms with Crippen LogP contribution in [0.2, 0.25) is 0 Å². The van der Waals surface area contributed by atoms with Crippen LogP contribution in [0.5, 0.6) is 0 Å². The Labute approximate surface area is 128 Å². The van der Waals surface area contributed by atoms with Crippen LogP contribution in [0.3, 0.4) is 0 Å². The average Bonchev–Trinajstić information content (AvgIpc) is 2.96. The van der Waals surface area contributed by atoms with Crippen LogP contribution in [-0.2, 0) is 19.4 Å². The number of hydrogen-bond acceptors (Lipinski definition) is 5. The van der Waals surface area contributed by atoms with Crippen LogP contribution < -0.4 is 11.1 Å². The molecule has 0 aliphatic heterocycles. The van der Waals surface area contributed by atoms with Crippen LogP contribution in [0.1, 0.15) is 35.5 Å². The van der Waals surface area contributed by atoms with Crippen molar-refractivity contribution < 1.29 is 0 Å². The topological polar surface area (TPSA) is 63.8 Å². The summed E-state index contributed by atoms with van der Waals surface area (Å²) >= 11 is 6.90. The van der Waals surface area contributed by atoms with Gasteiger partial charge in [-0.3, -0.25) is 0 Å². The first-order chi connectivity index (χ1) is 9.67. The lowest BCUT2D eigenvalue weighted by Crippen LogP contribution is -2.19. The number of aromatic nitrogens is 2. The van der Waals surface area contributed by atoms with Gasteiger partial charge >= 0.3 is 0 Å². The number of aryl methyl sites for hydroxylation is 1. The summed E-state index contributed by atoms with van der Waals surface area (Å²) in [5.41, 5.74) is 8.80. The van der Waals surface area contributed by atoms with Crippen molar-refractivity contribution in [3.05, 3.63) is 39.2 Å². The minimum absolute atomic E-state index is 0.375. The highest BCUT2D eigenvalue weighted by atomic mass is 32.1. The van der Waals surface area contributed by atoms with E-state index in [2.05, 4.69) is 40.8 Å². The third kappa shape index (κ3) is 3.13. The molecule has 20 heavy (non-hydrogen) atoms. The minimum Gasteiger partial charge on any atom is -0.389 e. The zero-order chi connectivity index (χ0) is 14.5. The maximum absolute atomic E-state index is 5.89. The van der Waals surface area contributed by atoms with Crippen LogP contribution in [0.4, 0.5) is 5.82 Å². The molecule has 0 amide bonds. The van der Waals surface area contributed by atoms with E-state index >= 15 is 0 Å². The summed E-state index contributed by atoms with van der Waals surface area (Å²) in [6.45, 7) is 4.85. The Hall–Kier alpha value is -1.53. The fourth-order valence-electron chi connectivity index (χ4n) is 2.15. The van der Waals surface area contributed by atoms with E-state index in [1.54, 1.807) is 11.3 Å². The van der Waals surface area contributed by atoms with Crippen LogP contribution >= 0.6 is 23.6 Å². The van der Waals surface area contributed by atoms with Crippen molar-refractivity contribution in [3.63, 3.8) is 0 Å². The molecule has 6 heteroatoms. The van der Waals surface area contributed by atoms with Crippen LogP contribution in [0, 0.1) is 0 Å². The van der Waals surface area contributed by atoms with Crippen molar-refractivity contribution in [1.29, 1.82) is 0 Å². The molecule has 2 rings (SSSR count). The minimum atomic E-state index is 0.375. The number of nitrogens with one attached hydrogen (secondary N) is 1. The van der Waals surface area contributed by atoms with Crippen molar-refractivity contribution in [2.24, 2.45) is 5.73 Å². The van der Waals surface area contributed by atoms with Crippen molar-refractivity contribution in [1.82, 2.24) is 10.2 Å². The zero-order valence-electron chi connectivity index (χ0n) is 11.6. The maximum atomic E-state index is 5.89. The smallest absolute Gasteiger partial charge is 0.159 e. The third-order valence-electron chi connectivity index (χ3n) is 3.10. The summed E-state index contributed by atoms with van der Waals surface area (Å²) < 4.78 is 0. The van der Waals surface area contributed by atoms with Gasteiger partial charge in [0, 0.05) is 4.88 Å². The number of nitrogens with zero attached hydrogens (tertiary/aromatic N) is 2. The van der Waals surface area contributed by atoms with Crippen molar-refractivity contribution >= 4 is 34.4 Å². The zero-order valence-corrected chi connectivity index (χ0v) is 13.3. The predicted molar refractivity (Wildman–Crippen MR) is 88.3 cm³/mol. The summed E-state index contributed by atoms with van der Waals surface area (Å²) in [6, 6.07) is 4.10. The molecule has 0 fully saturated rings. The number of thiophene rings is 1. The Balaban J connectivity index is 2.34. The third-order valence-corrected chi connectivity index (χ3v) is 4.18. The molecule has 0 saturated heterocycles. The van der Waals surface area contributed by atoms with Gasteiger partial charge in [0.1, 0.15) is 4.99 Å². The number of hydrogen-bond donors (Lipinski definition) is 2. The summed E-state index contributed by atoms with van der Waals surface area (Å²) in [7, 11) is 0. The highest BCUT2D eigenvalue weighted by Crippen LogP contribution is 2.22. The fourth-order valence-corrected chi connectivity index (χ4v) is 3.01. The van der Waals surface area contributed by atoms with E-state index in [-0.39, 0.29) is 0 Å². The molecule has 2 aromatic rings. The molecule has 0 aromatic carbocycles. The van der Waals surface area contributed by atoms with Crippen molar-refractivity contribution in [3.8, 4) is 0 Å². The molecule has 2 heterocycles. The standard InChI is InChI=1S/C14H18N4S2/c1-3-10-11(4-2)17-18-14(12(10)13(15)19)16-8-9-6-5-7-20-9/h5-7H,3-4,8H2,1-2H3,(H2,15,19)(H,16,18). The molecule has 0 radical (unpaired) electrons. The SMILES string of the molecule is CCc1nnc(NCc2cccs2)c(C(N)=S)c1CC. The van der Waals surface area contributed by atoms with Crippen molar-refractivity contribution in [2.45, 2.75) is 33.2 Å². The van der Waals surface area contributed by atoms with E-state index < -0.39 is 0 Å². The van der Waals surface area contributed by atoms with E-state index in [4.69, 9.17) is 18.0 Å². The Morgan fingerprint density at radius 1 is 1.35 bits per heavy atom. The molecular weight excluding hydrogens is 288 g/mol. The summed E-state index contributed by atoms with van der Waals surface area (Å²) in [5.74, 6) is 0.681. The Bertz CT molecular complexity index is 593. The number of anilines is 1. The average molecular weight is 306 g/mol. The van der Waals surface area contributed by atoms with Gasteiger partial charge in [0.15, 0.2) is 5.82 Å². The molecule has 4 nitrogen and oxygen atoms in total. The van der Waals surface area contributed by atoms with Gasteiger partial charge in [-0.2, -0.15) is 5.10 Å². The van der Waals surface area contributed by atoms with Crippen LogP contribution in [0.15, 0.2) is 17.5 Å². The van der Waals surface area contributed by atoms with E-state index in [0.717, 1.165) is 29.7 Å². The highest BCUT2D eigenvalue weighted by Gasteiger charge is 2.16. The second-order valence-corrected chi connectivity index (χ2v) is 5.83. The second kappa shape index (κ2) is 6.76.